The van der Waals surface area contributed by atoms with Crippen molar-refractivity contribution < 1.29 is 14.3 Å². The zero-order chi connectivity index (χ0) is 15.3. The molecule has 1 amide bonds. The molecule has 2 rings (SSSR count). The van der Waals surface area contributed by atoms with Crippen molar-refractivity contribution in [2.45, 2.75) is 37.6 Å². The van der Waals surface area contributed by atoms with Gasteiger partial charge in [0.05, 0.1) is 19.8 Å². The van der Waals surface area contributed by atoms with E-state index >= 15 is 0 Å². The van der Waals surface area contributed by atoms with Gasteiger partial charge in [-0.05, 0) is 25.0 Å². The minimum absolute atomic E-state index is 0.184. The molecule has 5 heteroatoms. The summed E-state index contributed by atoms with van der Waals surface area (Å²) in [5.41, 5.74) is 6.06. The lowest BCUT2D eigenvalue weighted by atomic mass is 9.81. The first-order valence-corrected chi connectivity index (χ1v) is 7.39. The van der Waals surface area contributed by atoms with Gasteiger partial charge in [-0.1, -0.05) is 25.3 Å². The van der Waals surface area contributed by atoms with E-state index in [0.29, 0.717) is 23.6 Å². The van der Waals surface area contributed by atoms with Gasteiger partial charge in [0, 0.05) is 6.54 Å². The van der Waals surface area contributed by atoms with Crippen LogP contribution in [0.2, 0.25) is 0 Å². The molecule has 0 atom stereocenters. The molecule has 1 aliphatic carbocycles. The average Bonchev–Trinajstić information content (AvgIpc) is 2.54. The summed E-state index contributed by atoms with van der Waals surface area (Å²) in [5, 5.41) is 3.12. The minimum atomic E-state index is -0.304. The van der Waals surface area contributed by atoms with Crippen LogP contribution in [0.1, 0.15) is 42.5 Å². The molecule has 0 heterocycles. The molecular formula is C16H24N2O3. The van der Waals surface area contributed by atoms with Crippen molar-refractivity contribution in [2.24, 2.45) is 5.73 Å². The lowest BCUT2D eigenvalue weighted by molar-refractivity contribution is 0.0868. The SMILES string of the molecule is COc1cccc(OC)c1C(=O)NC1(CN)CCCCC1. The van der Waals surface area contributed by atoms with Crippen LogP contribution in [-0.2, 0) is 0 Å². The van der Waals surface area contributed by atoms with Gasteiger partial charge in [0.1, 0.15) is 17.1 Å². The topological polar surface area (TPSA) is 73.6 Å². The van der Waals surface area contributed by atoms with Gasteiger partial charge in [0.2, 0.25) is 0 Å². The fraction of sp³-hybridized carbons (Fsp3) is 0.562. The molecule has 0 spiro atoms. The van der Waals surface area contributed by atoms with Crippen LogP contribution in [0.25, 0.3) is 0 Å². The third-order valence-electron chi connectivity index (χ3n) is 4.23. The quantitative estimate of drug-likeness (QED) is 0.871. The molecular weight excluding hydrogens is 268 g/mol. The second-order valence-electron chi connectivity index (χ2n) is 5.54. The van der Waals surface area contributed by atoms with Crippen LogP contribution in [0, 0.1) is 0 Å². The zero-order valence-electron chi connectivity index (χ0n) is 12.8. The number of methoxy groups -OCH3 is 2. The van der Waals surface area contributed by atoms with Crippen molar-refractivity contribution in [1.29, 1.82) is 0 Å². The van der Waals surface area contributed by atoms with Crippen LogP contribution in [0.4, 0.5) is 0 Å². The first-order valence-electron chi connectivity index (χ1n) is 7.39. The predicted molar refractivity (Wildman–Crippen MR) is 81.9 cm³/mol. The van der Waals surface area contributed by atoms with E-state index in [1.807, 2.05) is 0 Å². The first kappa shape index (κ1) is 15.6. The molecule has 0 aliphatic heterocycles. The van der Waals surface area contributed by atoms with Crippen molar-refractivity contribution in [1.82, 2.24) is 5.32 Å². The molecule has 1 aliphatic rings. The fourth-order valence-corrected chi connectivity index (χ4v) is 2.99. The highest BCUT2D eigenvalue weighted by Gasteiger charge is 2.33. The van der Waals surface area contributed by atoms with Crippen LogP contribution in [0.3, 0.4) is 0 Å². The van der Waals surface area contributed by atoms with E-state index in [2.05, 4.69) is 5.32 Å². The summed E-state index contributed by atoms with van der Waals surface area (Å²) in [5.74, 6) is 0.835. The number of benzene rings is 1. The average molecular weight is 292 g/mol. The second-order valence-corrected chi connectivity index (χ2v) is 5.54. The number of nitrogens with two attached hydrogens (primary N) is 1. The van der Waals surface area contributed by atoms with Gasteiger partial charge >= 0.3 is 0 Å². The zero-order valence-corrected chi connectivity index (χ0v) is 12.8. The van der Waals surface area contributed by atoms with E-state index in [4.69, 9.17) is 15.2 Å². The molecule has 0 bridgehead atoms. The molecule has 0 radical (unpaired) electrons. The Balaban J connectivity index is 2.27. The lowest BCUT2D eigenvalue weighted by Crippen LogP contribution is -2.54. The summed E-state index contributed by atoms with van der Waals surface area (Å²) in [6.45, 7) is 0.455. The Morgan fingerprint density at radius 3 is 2.24 bits per heavy atom. The molecule has 21 heavy (non-hydrogen) atoms. The van der Waals surface area contributed by atoms with E-state index in [-0.39, 0.29) is 11.4 Å². The van der Waals surface area contributed by atoms with Crippen molar-refractivity contribution in [3.8, 4) is 11.5 Å². The number of ether oxygens (including phenoxy) is 2. The van der Waals surface area contributed by atoms with Crippen molar-refractivity contribution in [3.63, 3.8) is 0 Å². The standard InChI is InChI=1S/C16H24N2O3/c1-20-12-7-6-8-13(21-2)14(12)15(19)18-16(11-17)9-4-3-5-10-16/h6-8H,3-5,9-11,17H2,1-2H3,(H,18,19). The highest BCUT2D eigenvalue weighted by atomic mass is 16.5. The largest absolute Gasteiger partial charge is 0.496 e. The van der Waals surface area contributed by atoms with Gasteiger partial charge in [0.15, 0.2) is 0 Å². The minimum Gasteiger partial charge on any atom is -0.496 e. The van der Waals surface area contributed by atoms with Crippen LogP contribution in [-0.4, -0.2) is 32.2 Å². The third kappa shape index (κ3) is 3.29. The van der Waals surface area contributed by atoms with Crippen LogP contribution in [0.5, 0.6) is 11.5 Å². The number of carbonyl (C=O) groups is 1. The van der Waals surface area contributed by atoms with Gasteiger partial charge in [-0.2, -0.15) is 0 Å². The molecule has 1 aromatic rings. The Bertz CT molecular complexity index is 474. The summed E-state index contributed by atoms with van der Waals surface area (Å²) in [7, 11) is 3.09. The van der Waals surface area contributed by atoms with Crippen LogP contribution in [0.15, 0.2) is 18.2 Å². The Hall–Kier alpha value is -1.75. The molecule has 116 valence electrons. The van der Waals surface area contributed by atoms with Crippen molar-refractivity contribution in [2.75, 3.05) is 20.8 Å². The molecule has 0 unspecified atom stereocenters. The Morgan fingerprint density at radius 1 is 1.19 bits per heavy atom. The summed E-state index contributed by atoms with van der Waals surface area (Å²) in [6.07, 6.45) is 5.25. The molecule has 0 saturated heterocycles. The number of hydrogen-bond acceptors (Lipinski definition) is 4. The van der Waals surface area contributed by atoms with E-state index in [1.54, 1.807) is 32.4 Å². The number of carbonyl (C=O) groups excluding carboxylic acids is 1. The fourth-order valence-electron chi connectivity index (χ4n) is 2.99. The summed E-state index contributed by atoms with van der Waals surface area (Å²) in [4.78, 5) is 12.7. The van der Waals surface area contributed by atoms with Gasteiger partial charge < -0.3 is 20.5 Å². The summed E-state index contributed by atoms with van der Waals surface area (Å²) in [6, 6.07) is 5.31. The Kier molecular flexibility index (Phi) is 5.07. The van der Waals surface area contributed by atoms with Gasteiger partial charge in [-0.25, -0.2) is 0 Å². The second kappa shape index (κ2) is 6.80. The van der Waals surface area contributed by atoms with Gasteiger partial charge in [-0.3, -0.25) is 4.79 Å². The smallest absolute Gasteiger partial charge is 0.259 e. The van der Waals surface area contributed by atoms with Crippen molar-refractivity contribution in [3.05, 3.63) is 23.8 Å². The van der Waals surface area contributed by atoms with E-state index in [0.717, 1.165) is 25.7 Å². The monoisotopic (exact) mass is 292 g/mol. The number of amides is 1. The molecule has 3 N–H and O–H groups in total. The highest BCUT2D eigenvalue weighted by Crippen LogP contribution is 2.31. The van der Waals surface area contributed by atoms with Crippen LogP contribution < -0.4 is 20.5 Å². The molecule has 1 saturated carbocycles. The van der Waals surface area contributed by atoms with Gasteiger partial charge in [0.25, 0.3) is 5.91 Å². The van der Waals surface area contributed by atoms with Gasteiger partial charge in [-0.15, -0.1) is 0 Å². The normalized spacial score (nSPS) is 17.1. The molecule has 5 nitrogen and oxygen atoms in total. The summed E-state index contributed by atoms with van der Waals surface area (Å²) >= 11 is 0. The number of rotatable bonds is 5. The Labute approximate surface area is 125 Å². The summed E-state index contributed by atoms with van der Waals surface area (Å²) < 4.78 is 10.6. The number of hydrogen-bond donors (Lipinski definition) is 2. The van der Waals surface area contributed by atoms with Crippen molar-refractivity contribution >= 4 is 5.91 Å². The number of nitrogens with one attached hydrogen (secondary N) is 1. The van der Waals surface area contributed by atoms with E-state index in [1.165, 1.54) is 6.42 Å². The Morgan fingerprint density at radius 2 is 1.76 bits per heavy atom. The molecule has 1 fully saturated rings. The maximum Gasteiger partial charge on any atom is 0.259 e. The highest BCUT2D eigenvalue weighted by molar-refractivity contribution is 6.00. The van der Waals surface area contributed by atoms with E-state index in [9.17, 15) is 4.79 Å². The first-order chi connectivity index (χ1) is 10.2. The van der Waals surface area contributed by atoms with Crippen LogP contribution >= 0.6 is 0 Å². The predicted octanol–water partition coefficient (Wildman–Crippen LogP) is 2.10. The lowest BCUT2D eigenvalue weighted by Gasteiger charge is -2.37. The maximum absolute atomic E-state index is 12.7. The molecule has 0 aromatic heterocycles. The van der Waals surface area contributed by atoms with E-state index < -0.39 is 0 Å². The molecule has 1 aromatic carbocycles. The maximum atomic E-state index is 12.7. The third-order valence-corrected chi connectivity index (χ3v) is 4.23.